The number of benzene rings is 1. The second-order valence-electron chi connectivity index (χ2n) is 6.87. The van der Waals surface area contributed by atoms with Gasteiger partial charge in [0.05, 0.1) is 10.2 Å². The Kier molecular flexibility index (Phi) is 4.04. The lowest BCUT2D eigenvalue weighted by Crippen LogP contribution is -2.23. The lowest BCUT2D eigenvalue weighted by atomic mass is 9.96. The topological polar surface area (TPSA) is 28.5 Å². The van der Waals surface area contributed by atoms with E-state index in [9.17, 15) is 0 Å². The molecule has 0 fully saturated rings. The second-order valence-corrected chi connectivity index (χ2v) is 7.91. The molecule has 0 saturated carbocycles. The zero-order chi connectivity index (χ0) is 15.8. The van der Waals surface area contributed by atoms with Gasteiger partial charge in [0.2, 0.25) is 0 Å². The van der Waals surface area contributed by atoms with E-state index in [1.165, 1.54) is 33.0 Å². The van der Waals surface area contributed by atoms with Gasteiger partial charge in [-0.25, -0.2) is 4.98 Å². The number of likely N-dealkylation sites (N-methyl/N-ethyl adjacent to an activating group) is 1. The minimum atomic E-state index is 0.727. The molecule has 3 heterocycles. The molecule has 0 unspecified atom stereocenters. The first-order valence-corrected chi connectivity index (χ1v) is 9.33. The molecule has 0 spiro atoms. The minimum absolute atomic E-state index is 0.727. The molecule has 0 amide bonds. The standard InChI is InChI=1S/C19H23N3S/c1-13-3-5-16(20-12-13)15-4-6-18-17(11-15)21-19(23-18)14-7-9-22(2)10-8-14/h4,6-7,11,13H,3,5,8-10,12H2,1-2H3/t13-/m0/s1. The van der Waals surface area contributed by atoms with Crippen LogP contribution >= 0.6 is 11.3 Å². The van der Waals surface area contributed by atoms with E-state index < -0.39 is 0 Å². The molecule has 1 aromatic carbocycles. The summed E-state index contributed by atoms with van der Waals surface area (Å²) in [5.41, 5.74) is 5.06. The number of thiazole rings is 1. The van der Waals surface area contributed by atoms with Gasteiger partial charge in [0.1, 0.15) is 5.01 Å². The van der Waals surface area contributed by atoms with Gasteiger partial charge < -0.3 is 4.90 Å². The third-order valence-corrected chi connectivity index (χ3v) is 5.99. The lowest BCUT2D eigenvalue weighted by Gasteiger charge is -2.20. The van der Waals surface area contributed by atoms with Gasteiger partial charge in [-0.05, 0) is 55.5 Å². The molecular weight excluding hydrogens is 302 g/mol. The van der Waals surface area contributed by atoms with Crippen molar-refractivity contribution in [1.82, 2.24) is 9.88 Å². The zero-order valence-electron chi connectivity index (χ0n) is 13.9. The summed E-state index contributed by atoms with van der Waals surface area (Å²) in [4.78, 5) is 12.0. The molecule has 23 heavy (non-hydrogen) atoms. The molecular formula is C19H23N3S. The number of hydrogen-bond acceptors (Lipinski definition) is 4. The number of rotatable bonds is 2. The fourth-order valence-corrected chi connectivity index (χ4v) is 4.28. The first kappa shape index (κ1) is 15.0. The third-order valence-electron chi connectivity index (χ3n) is 4.88. The van der Waals surface area contributed by atoms with Gasteiger partial charge in [-0.1, -0.05) is 19.1 Å². The summed E-state index contributed by atoms with van der Waals surface area (Å²) in [6.45, 7) is 5.41. The normalized spacial score (nSPS) is 23.0. The summed E-state index contributed by atoms with van der Waals surface area (Å²) in [5, 5.41) is 1.20. The van der Waals surface area contributed by atoms with Crippen molar-refractivity contribution in [3.63, 3.8) is 0 Å². The van der Waals surface area contributed by atoms with Crippen LogP contribution in [-0.2, 0) is 0 Å². The highest BCUT2D eigenvalue weighted by Gasteiger charge is 2.16. The van der Waals surface area contributed by atoms with Crippen LogP contribution in [0.2, 0.25) is 0 Å². The Labute approximate surface area is 141 Å². The van der Waals surface area contributed by atoms with E-state index in [0.29, 0.717) is 0 Å². The Morgan fingerprint density at radius 1 is 1.26 bits per heavy atom. The average Bonchev–Trinajstić information content (AvgIpc) is 2.99. The quantitative estimate of drug-likeness (QED) is 0.826. The molecule has 0 bridgehead atoms. The number of fused-ring (bicyclic) bond motifs is 1. The van der Waals surface area contributed by atoms with Crippen LogP contribution in [0.1, 0.15) is 36.8 Å². The molecule has 0 saturated heterocycles. The largest absolute Gasteiger partial charge is 0.302 e. The van der Waals surface area contributed by atoms with Crippen LogP contribution in [-0.4, -0.2) is 42.3 Å². The molecule has 2 aromatic rings. The minimum Gasteiger partial charge on any atom is -0.302 e. The van der Waals surface area contributed by atoms with Crippen LogP contribution in [0, 0.1) is 5.92 Å². The highest BCUT2D eigenvalue weighted by molar-refractivity contribution is 7.19. The van der Waals surface area contributed by atoms with Crippen molar-refractivity contribution < 1.29 is 0 Å². The van der Waals surface area contributed by atoms with Crippen LogP contribution in [0.3, 0.4) is 0 Å². The van der Waals surface area contributed by atoms with Gasteiger partial charge in [0, 0.05) is 25.3 Å². The Morgan fingerprint density at radius 3 is 2.91 bits per heavy atom. The molecule has 3 nitrogen and oxygen atoms in total. The first-order chi connectivity index (χ1) is 11.2. The van der Waals surface area contributed by atoms with Crippen molar-refractivity contribution in [2.45, 2.75) is 26.2 Å². The third kappa shape index (κ3) is 3.10. The summed E-state index contributed by atoms with van der Waals surface area (Å²) in [5.74, 6) is 0.727. The predicted octanol–water partition coefficient (Wildman–Crippen LogP) is 4.23. The van der Waals surface area contributed by atoms with E-state index in [1.54, 1.807) is 0 Å². The van der Waals surface area contributed by atoms with Gasteiger partial charge in [-0.2, -0.15) is 0 Å². The maximum atomic E-state index is 4.91. The van der Waals surface area contributed by atoms with Crippen molar-refractivity contribution in [2.75, 3.05) is 26.7 Å². The summed E-state index contributed by atoms with van der Waals surface area (Å²) >= 11 is 1.82. The Morgan fingerprint density at radius 2 is 2.17 bits per heavy atom. The molecule has 0 radical (unpaired) electrons. The van der Waals surface area contributed by atoms with Crippen LogP contribution in [0.4, 0.5) is 0 Å². The Bertz CT molecular complexity index is 759. The van der Waals surface area contributed by atoms with Gasteiger partial charge in [0.25, 0.3) is 0 Å². The molecule has 0 aliphatic carbocycles. The lowest BCUT2D eigenvalue weighted by molar-refractivity contribution is 0.370. The molecule has 1 aromatic heterocycles. The van der Waals surface area contributed by atoms with Crippen molar-refractivity contribution in [2.24, 2.45) is 10.9 Å². The second kappa shape index (κ2) is 6.17. The maximum Gasteiger partial charge on any atom is 0.120 e. The van der Waals surface area contributed by atoms with Crippen molar-refractivity contribution in [3.8, 4) is 0 Å². The highest BCUT2D eigenvalue weighted by Crippen LogP contribution is 2.31. The van der Waals surface area contributed by atoms with E-state index in [1.807, 2.05) is 11.3 Å². The Balaban J connectivity index is 1.65. The van der Waals surface area contributed by atoms with Crippen LogP contribution in [0.25, 0.3) is 15.8 Å². The monoisotopic (exact) mass is 325 g/mol. The molecule has 120 valence electrons. The highest BCUT2D eigenvalue weighted by atomic mass is 32.1. The van der Waals surface area contributed by atoms with Gasteiger partial charge in [0.15, 0.2) is 0 Å². The number of hydrogen-bond donors (Lipinski definition) is 0. The van der Waals surface area contributed by atoms with Crippen LogP contribution in [0.15, 0.2) is 29.3 Å². The van der Waals surface area contributed by atoms with Crippen molar-refractivity contribution >= 4 is 32.8 Å². The van der Waals surface area contributed by atoms with E-state index in [-0.39, 0.29) is 0 Å². The van der Waals surface area contributed by atoms with Crippen molar-refractivity contribution in [3.05, 3.63) is 34.8 Å². The maximum absolute atomic E-state index is 4.91. The van der Waals surface area contributed by atoms with Crippen molar-refractivity contribution in [1.29, 1.82) is 0 Å². The summed E-state index contributed by atoms with van der Waals surface area (Å²) in [6.07, 6.45) is 5.78. The summed E-state index contributed by atoms with van der Waals surface area (Å²) in [6, 6.07) is 6.68. The number of aliphatic imine (C=N–C) groups is 1. The van der Waals surface area contributed by atoms with Crippen LogP contribution in [0.5, 0.6) is 0 Å². The van der Waals surface area contributed by atoms with E-state index >= 15 is 0 Å². The smallest absolute Gasteiger partial charge is 0.120 e. The average molecular weight is 325 g/mol. The van der Waals surface area contributed by atoms with Gasteiger partial charge in [-0.15, -0.1) is 11.3 Å². The molecule has 4 rings (SSSR count). The van der Waals surface area contributed by atoms with E-state index in [4.69, 9.17) is 9.98 Å². The number of aromatic nitrogens is 1. The molecule has 1 atom stereocenters. The molecule has 2 aliphatic rings. The van der Waals surface area contributed by atoms with Gasteiger partial charge in [-0.3, -0.25) is 4.99 Å². The first-order valence-electron chi connectivity index (χ1n) is 8.51. The SMILES string of the molecule is C[C@H]1CCC(c2ccc3sc(C4=CCN(C)CC4)nc3c2)=NC1. The van der Waals surface area contributed by atoms with E-state index in [2.05, 4.69) is 43.1 Å². The molecule has 4 heteroatoms. The Hall–Kier alpha value is -1.52. The predicted molar refractivity (Wildman–Crippen MR) is 99.5 cm³/mol. The van der Waals surface area contributed by atoms with E-state index in [0.717, 1.165) is 43.9 Å². The molecule has 2 aliphatic heterocycles. The number of nitrogens with zero attached hydrogens (tertiary/aromatic N) is 3. The fourth-order valence-electron chi connectivity index (χ4n) is 3.26. The fraction of sp³-hybridized carbons (Fsp3) is 0.474. The van der Waals surface area contributed by atoms with Gasteiger partial charge >= 0.3 is 0 Å². The summed E-state index contributed by atoms with van der Waals surface area (Å²) < 4.78 is 1.29. The van der Waals surface area contributed by atoms with Crippen LogP contribution < -0.4 is 0 Å². The zero-order valence-corrected chi connectivity index (χ0v) is 14.7. The molecule has 0 N–H and O–H groups in total. The summed E-state index contributed by atoms with van der Waals surface area (Å²) in [7, 11) is 2.17.